The highest BCUT2D eigenvalue weighted by Crippen LogP contribution is 2.15. The minimum absolute atomic E-state index is 0.122. The summed E-state index contributed by atoms with van der Waals surface area (Å²) < 4.78 is 5.05. The van der Waals surface area contributed by atoms with Crippen molar-refractivity contribution in [3.8, 4) is 5.75 Å². The van der Waals surface area contributed by atoms with Crippen molar-refractivity contribution < 1.29 is 14.3 Å². The number of carbonyl (C=O) groups excluding carboxylic acids is 2. The van der Waals surface area contributed by atoms with Crippen LogP contribution in [0.25, 0.3) is 0 Å². The highest BCUT2D eigenvalue weighted by atomic mass is 16.5. The molecule has 0 saturated carbocycles. The van der Waals surface area contributed by atoms with Crippen molar-refractivity contribution >= 4 is 23.3 Å². The molecule has 24 heavy (non-hydrogen) atoms. The molecule has 2 aromatic rings. The number of urea groups is 1. The number of anilines is 2. The maximum Gasteiger partial charge on any atom is 0.319 e. The Morgan fingerprint density at radius 3 is 2.21 bits per heavy atom. The van der Waals surface area contributed by atoms with Crippen molar-refractivity contribution in [3.05, 3.63) is 53.6 Å². The summed E-state index contributed by atoms with van der Waals surface area (Å²) in [5, 5.41) is 7.91. The van der Waals surface area contributed by atoms with Crippen LogP contribution in [0.4, 0.5) is 16.2 Å². The zero-order valence-electron chi connectivity index (χ0n) is 14.0. The van der Waals surface area contributed by atoms with Crippen molar-refractivity contribution in [1.29, 1.82) is 0 Å². The third-order valence-corrected chi connectivity index (χ3v) is 3.55. The predicted octanol–water partition coefficient (Wildman–Crippen LogP) is 3.07. The van der Waals surface area contributed by atoms with Crippen LogP contribution in [-0.2, 0) is 4.79 Å². The van der Waals surface area contributed by atoms with Crippen LogP contribution in [0, 0.1) is 13.8 Å². The molecule has 6 heteroatoms. The van der Waals surface area contributed by atoms with E-state index in [2.05, 4.69) is 16.0 Å². The van der Waals surface area contributed by atoms with Crippen LogP contribution in [0.1, 0.15) is 11.1 Å². The Hall–Kier alpha value is -3.02. The van der Waals surface area contributed by atoms with Crippen LogP contribution in [0.2, 0.25) is 0 Å². The quantitative estimate of drug-likeness (QED) is 0.789. The summed E-state index contributed by atoms with van der Waals surface area (Å²) in [6, 6.07) is 12.2. The van der Waals surface area contributed by atoms with E-state index in [0.717, 1.165) is 11.1 Å². The Kier molecular flexibility index (Phi) is 5.78. The van der Waals surface area contributed by atoms with Gasteiger partial charge in [-0.05, 0) is 61.4 Å². The van der Waals surface area contributed by atoms with Crippen LogP contribution in [-0.4, -0.2) is 25.6 Å². The number of aryl methyl sites for hydroxylation is 2. The van der Waals surface area contributed by atoms with E-state index in [9.17, 15) is 9.59 Å². The number of rotatable bonds is 5. The third kappa shape index (κ3) is 5.01. The van der Waals surface area contributed by atoms with Crippen LogP contribution < -0.4 is 20.7 Å². The van der Waals surface area contributed by atoms with Gasteiger partial charge in [-0.15, -0.1) is 0 Å². The molecule has 2 aromatic carbocycles. The number of benzene rings is 2. The monoisotopic (exact) mass is 327 g/mol. The van der Waals surface area contributed by atoms with Gasteiger partial charge < -0.3 is 20.7 Å². The maximum atomic E-state index is 11.8. The predicted molar refractivity (Wildman–Crippen MR) is 94.6 cm³/mol. The van der Waals surface area contributed by atoms with Crippen molar-refractivity contribution in [2.75, 3.05) is 24.3 Å². The van der Waals surface area contributed by atoms with E-state index in [1.54, 1.807) is 31.4 Å². The Morgan fingerprint density at radius 2 is 1.58 bits per heavy atom. The minimum atomic E-state index is -0.428. The number of carbonyl (C=O) groups is 2. The lowest BCUT2D eigenvalue weighted by atomic mass is 10.1. The second-order valence-corrected chi connectivity index (χ2v) is 5.38. The van der Waals surface area contributed by atoms with E-state index >= 15 is 0 Å². The lowest BCUT2D eigenvalue weighted by Crippen LogP contribution is -2.35. The van der Waals surface area contributed by atoms with Crippen molar-refractivity contribution in [3.63, 3.8) is 0 Å². The fourth-order valence-corrected chi connectivity index (χ4v) is 2.03. The topological polar surface area (TPSA) is 79.5 Å². The molecule has 0 bridgehead atoms. The molecular weight excluding hydrogens is 306 g/mol. The van der Waals surface area contributed by atoms with Gasteiger partial charge in [0.1, 0.15) is 5.75 Å². The molecular formula is C18H21N3O3. The molecule has 3 N–H and O–H groups in total. The van der Waals surface area contributed by atoms with Gasteiger partial charge in [-0.1, -0.05) is 6.07 Å². The first-order chi connectivity index (χ1) is 11.5. The molecule has 6 nitrogen and oxygen atoms in total. The van der Waals surface area contributed by atoms with Gasteiger partial charge in [-0.25, -0.2) is 4.79 Å². The van der Waals surface area contributed by atoms with E-state index in [0.29, 0.717) is 17.1 Å². The molecule has 0 atom stereocenters. The van der Waals surface area contributed by atoms with Gasteiger partial charge in [-0.3, -0.25) is 4.79 Å². The summed E-state index contributed by atoms with van der Waals surface area (Å²) in [5.74, 6) is 0.397. The van der Waals surface area contributed by atoms with Crippen LogP contribution >= 0.6 is 0 Å². The minimum Gasteiger partial charge on any atom is -0.497 e. The summed E-state index contributed by atoms with van der Waals surface area (Å²) in [4.78, 5) is 23.7. The highest BCUT2D eigenvalue weighted by Gasteiger charge is 2.07. The fraction of sp³-hybridized carbons (Fsp3) is 0.222. The zero-order valence-corrected chi connectivity index (χ0v) is 14.0. The van der Waals surface area contributed by atoms with Crippen LogP contribution in [0.3, 0.4) is 0 Å². The van der Waals surface area contributed by atoms with Gasteiger partial charge in [0.2, 0.25) is 5.91 Å². The molecule has 126 valence electrons. The number of ether oxygens (including phenoxy) is 1. The van der Waals surface area contributed by atoms with E-state index < -0.39 is 6.03 Å². The van der Waals surface area contributed by atoms with E-state index in [1.807, 2.05) is 32.0 Å². The Labute approximate surface area is 141 Å². The average Bonchev–Trinajstić information content (AvgIpc) is 2.57. The summed E-state index contributed by atoms with van der Waals surface area (Å²) in [6.07, 6.45) is 0. The molecule has 0 saturated heterocycles. The van der Waals surface area contributed by atoms with Crippen molar-refractivity contribution in [1.82, 2.24) is 5.32 Å². The molecule has 0 heterocycles. The average molecular weight is 327 g/mol. The SMILES string of the molecule is COc1ccc(NC(=O)CNC(=O)Nc2ccc(C)c(C)c2)cc1. The van der Waals surface area contributed by atoms with E-state index in [4.69, 9.17) is 4.74 Å². The normalized spacial score (nSPS) is 9.96. The molecule has 0 fully saturated rings. The molecule has 0 aliphatic carbocycles. The van der Waals surface area contributed by atoms with Gasteiger partial charge >= 0.3 is 6.03 Å². The van der Waals surface area contributed by atoms with E-state index in [-0.39, 0.29) is 12.5 Å². The third-order valence-electron chi connectivity index (χ3n) is 3.55. The molecule has 0 radical (unpaired) electrons. The smallest absolute Gasteiger partial charge is 0.319 e. The lowest BCUT2D eigenvalue weighted by molar-refractivity contribution is -0.115. The van der Waals surface area contributed by atoms with Crippen molar-refractivity contribution in [2.45, 2.75) is 13.8 Å². The van der Waals surface area contributed by atoms with Gasteiger partial charge in [0.05, 0.1) is 13.7 Å². The highest BCUT2D eigenvalue weighted by molar-refractivity contribution is 5.97. The first kappa shape index (κ1) is 17.3. The Morgan fingerprint density at radius 1 is 0.917 bits per heavy atom. The molecule has 0 aromatic heterocycles. The van der Waals surface area contributed by atoms with Gasteiger partial charge in [0, 0.05) is 11.4 Å². The second-order valence-electron chi connectivity index (χ2n) is 5.38. The summed E-state index contributed by atoms with van der Waals surface area (Å²) in [6.45, 7) is 3.85. The number of methoxy groups -OCH3 is 1. The first-order valence-corrected chi connectivity index (χ1v) is 7.54. The van der Waals surface area contributed by atoms with Gasteiger partial charge in [0.25, 0.3) is 0 Å². The number of amides is 3. The van der Waals surface area contributed by atoms with Crippen LogP contribution in [0.15, 0.2) is 42.5 Å². The summed E-state index contributed by atoms with van der Waals surface area (Å²) >= 11 is 0. The van der Waals surface area contributed by atoms with E-state index in [1.165, 1.54) is 0 Å². The van der Waals surface area contributed by atoms with Crippen LogP contribution in [0.5, 0.6) is 5.75 Å². The molecule has 3 amide bonds. The van der Waals surface area contributed by atoms with Gasteiger partial charge in [0.15, 0.2) is 0 Å². The molecule has 0 unspecified atom stereocenters. The number of hydrogen-bond donors (Lipinski definition) is 3. The Bertz CT molecular complexity index is 727. The molecule has 0 spiro atoms. The molecule has 2 rings (SSSR count). The fourth-order valence-electron chi connectivity index (χ4n) is 2.03. The molecule has 0 aliphatic rings. The summed E-state index contributed by atoms with van der Waals surface area (Å²) in [7, 11) is 1.58. The van der Waals surface area contributed by atoms with Gasteiger partial charge in [-0.2, -0.15) is 0 Å². The largest absolute Gasteiger partial charge is 0.497 e. The Balaban J connectivity index is 1.79. The number of nitrogens with one attached hydrogen (secondary N) is 3. The second kappa shape index (κ2) is 8.01. The summed E-state index contributed by atoms with van der Waals surface area (Å²) in [5.41, 5.74) is 3.56. The lowest BCUT2D eigenvalue weighted by Gasteiger charge is -2.10. The zero-order chi connectivity index (χ0) is 17.5. The first-order valence-electron chi connectivity index (χ1n) is 7.54. The number of hydrogen-bond acceptors (Lipinski definition) is 3. The maximum absolute atomic E-state index is 11.8. The molecule has 0 aliphatic heterocycles. The van der Waals surface area contributed by atoms with Crippen molar-refractivity contribution in [2.24, 2.45) is 0 Å². The standard InChI is InChI=1S/C18H21N3O3/c1-12-4-5-15(10-13(12)2)21-18(23)19-11-17(22)20-14-6-8-16(24-3)9-7-14/h4-10H,11H2,1-3H3,(H,20,22)(H2,19,21,23).